The van der Waals surface area contributed by atoms with E-state index in [0.717, 1.165) is 44.6 Å². The van der Waals surface area contributed by atoms with E-state index < -0.39 is 5.60 Å². The van der Waals surface area contributed by atoms with Gasteiger partial charge in [-0.3, -0.25) is 4.90 Å². The Labute approximate surface area is 197 Å². The maximum absolute atomic E-state index is 12.6. The molecule has 0 N–H and O–H groups in total. The smallest absolute Gasteiger partial charge is 0.410 e. The maximum atomic E-state index is 12.6. The van der Waals surface area contributed by atoms with Gasteiger partial charge in [-0.2, -0.15) is 0 Å². The van der Waals surface area contributed by atoms with Gasteiger partial charge in [0.25, 0.3) is 0 Å². The number of methoxy groups -OCH3 is 1. The van der Waals surface area contributed by atoms with Gasteiger partial charge < -0.3 is 24.0 Å². The van der Waals surface area contributed by atoms with Gasteiger partial charge in [-0.05, 0) is 45.1 Å². The summed E-state index contributed by atoms with van der Waals surface area (Å²) in [7, 11) is 1.70. The first-order chi connectivity index (χ1) is 15.7. The number of hydrogen-bond acceptors (Lipinski definition) is 6. The fraction of sp³-hybridized carbons (Fsp3) is 0.680. The molecule has 0 unspecified atom stereocenters. The highest BCUT2D eigenvalue weighted by molar-refractivity contribution is 5.68. The van der Waals surface area contributed by atoms with Crippen LogP contribution >= 0.6 is 0 Å². The number of carbonyl (C=O) groups excluding carboxylic acids is 2. The summed E-state index contributed by atoms with van der Waals surface area (Å²) in [6.45, 7) is 11.0. The summed E-state index contributed by atoms with van der Waals surface area (Å²) in [5.74, 6) is 0.514. The van der Waals surface area contributed by atoms with Crippen LogP contribution in [0, 0.1) is 5.92 Å². The fourth-order valence-electron chi connectivity index (χ4n) is 4.42. The quantitative estimate of drug-likeness (QED) is 0.645. The Balaban J connectivity index is 1.46. The summed E-state index contributed by atoms with van der Waals surface area (Å²) in [5.41, 5.74) is 0.513. The summed E-state index contributed by atoms with van der Waals surface area (Å²) in [5, 5.41) is 0. The zero-order valence-electron chi connectivity index (χ0n) is 20.5. The summed E-state index contributed by atoms with van der Waals surface area (Å²) < 4.78 is 16.5. The predicted octanol–water partition coefficient (Wildman–Crippen LogP) is 3.60. The number of amides is 2. The Kier molecular flexibility index (Phi) is 8.97. The van der Waals surface area contributed by atoms with Crippen molar-refractivity contribution in [3.63, 3.8) is 0 Å². The predicted molar refractivity (Wildman–Crippen MR) is 126 cm³/mol. The molecule has 3 rings (SSSR count). The molecule has 1 aromatic carbocycles. The summed E-state index contributed by atoms with van der Waals surface area (Å²) in [4.78, 5) is 31.0. The van der Waals surface area contributed by atoms with Crippen LogP contribution in [0.5, 0.6) is 0 Å². The van der Waals surface area contributed by atoms with E-state index in [-0.39, 0.29) is 24.8 Å². The van der Waals surface area contributed by atoms with Gasteiger partial charge in [-0.1, -0.05) is 30.3 Å². The van der Waals surface area contributed by atoms with Crippen LogP contribution in [-0.4, -0.2) is 91.5 Å². The van der Waals surface area contributed by atoms with E-state index in [2.05, 4.69) is 4.90 Å². The number of rotatable bonds is 6. The van der Waals surface area contributed by atoms with Crippen LogP contribution in [0.1, 0.15) is 39.2 Å². The molecule has 2 heterocycles. The van der Waals surface area contributed by atoms with E-state index >= 15 is 0 Å². The van der Waals surface area contributed by atoms with Crippen LogP contribution < -0.4 is 0 Å². The molecule has 1 aromatic rings. The SMILES string of the molecule is COC[C@H]1CN(C(=O)OCc2ccccc2)CCN1CC1CCN(C(=O)OC(C)(C)C)CC1. The summed E-state index contributed by atoms with van der Waals surface area (Å²) in [6.07, 6.45) is 1.42. The average Bonchev–Trinajstić information content (AvgIpc) is 2.79. The van der Waals surface area contributed by atoms with Crippen molar-refractivity contribution in [3.05, 3.63) is 35.9 Å². The fourth-order valence-corrected chi connectivity index (χ4v) is 4.42. The molecule has 2 aliphatic heterocycles. The lowest BCUT2D eigenvalue weighted by Crippen LogP contribution is -2.57. The Morgan fingerprint density at radius 3 is 2.30 bits per heavy atom. The van der Waals surface area contributed by atoms with Gasteiger partial charge in [0.1, 0.15) is 12.2 Å². The third-order valence-corrected chi connectivity index (χ3v) is 6.19. The molecule has 33 heavy (non-hydrogen) atoms. The van der Waals surface area contributed by atoms with Crippen LogP contribution in [-0.2, 0) is 20.8 Å². The molecule has 184 valence electrons. The van der Waals surface area contributed by atoms with Crippen molar-refractivity contribution in [3.8, 4) is 0 Å². The van der Waals surface area contributed by atoms with Crippen molar-refractivity contribution in [1.29, 1.82) is 0 Å². The van der Waals surface area contributed by atoms with Crippen LogP contribution in [0.15, 0.2) is 30.3 Å². The largest absolute Gasteiger partial charge is 0.445 e. The van der Waals surface area contributed by atoms with Crippen molar-refractivity contribution in [1.82, 2.24) is 14.7 Å². The van der Waals surface area contributed by atoms with Gasteiger partial charge in [-0.15, -0.1) is 0 Å². The highest BCUT2D eigenvalue weighted by atomic mass is 16.6. The van der Waals surface area contributed by atoms with E-state index in [1.165, 1.54) is 0 Å². The molecular weight excluding hydrogens is 422 g/mol. The van der Waals surface area contributed by atoms with E-state index in [9.17, 15) is 9.59 Å². The normalized spacial score (nSPS) is 20.5. The minimum Gasteiger partial charge on any atom is -0.445 e. The topological polar surface area (TPSA) is 71.5 Å². The number of benzene rings is 1. The van der Waals surface area contributed by atoms with Crippen LogP contribution in [0.25, 0.3) is 0 Å². The number of carbonyl (C=O) groups is 2. The first-order valence-corrected chi connectivity index (χ1v) is 11.9. The lowest BCUT2D eigenvalue weighted by Gasteiger charge is -2.43. The molecule has 8 nitrogen and oxygen atoms in total. The van der Waals surface area contributed by atoms with Gasteiger partial charge in [-0.25, -0.2) is 9.59 Å². The second-order valence-corrected chi connectivity index (χ2v) is 10.0. The number of piperidine rings is 1. The molecule has 8 heteroatoms. The molecule has 0 aromatic heterocycles. The average molecular weight is 462 g/mol. The lowest BCUT2D eigenvalue weighted by atomic mass is 9.95. The molecular formula is C25H39N3O5. The third kappa shape index (κ3) is 7.89. The van der Waals surface area contributed by atoms with Crippen LogP contribution in [0.4, 0.5) is 9.59 Å². The molecule has 0 saturated carbocycles. The third-order valence-electron chi connectivity index (χ3n) is 6.19. The minimum absolute atomic E-state index is 0.136. The number of piperazine rings is 1. The summed E-state index contributed by atoms with van der Waals surface area (Å²) in [6, 6.07) is 9.86. The Morgan fingerprint density at radius 2 is 1.67 bits per heavy atom. The van der Waals surface area contributed by atoms with Crippen molar-refractivity contribution in [2.24, 2.45) is 5.92 Å². The second-order valence-electron chi connectivity index (χ2n) is 10.0. The second kappa shape index (κ2) is 11.7. The van der Waals surface area contributed by atoms with Crippen molar-refractivity contribution in [2.75, 3.05) is 53.0 Å². The highest BCUT2D eigenvalue weighted by Crippen LogP contribution is 2.23. The Hall–Kier alpha value is -2.32. The van der Waals surface area contributed by atoms with Gasteiger partial charge in [0.05, 0.1) is 12.6 Å². The maximum Gasteiger partial charge on any atom is 0.410 e. The molecule has 2 saturated heterocycles. The zero-order chi connectivity index (χ0) is 23.8. The van der Waals surface area contributed by atoms with Crippen LogP contribution in [0.3, 0.4) is 0 Å². The standard InChI is InChI=1S/C25H39N3O5/c1-25(2,3)33-24(30)26-12-10-20(11-13-26)16-27-14-15-28(17-22(27)19-31-4)23(29)32-18-21-8-6-5-7-9-21/h5-9,20,22H,10-19H2,1-4H3/t22-/m1/s1. The molecule has 0 radical (unpaired) electrons. The zero-order valence-corrected chi connectivity index (χ0v) is 20.5. The van der Waals surface area contributed by atoms with Gasteiger partial charge in [0, 0.05) is 46.4 Å². The van der Waals surface area contributed by atoms with Gasteiger partial charge in [0.2, 0.25) is 0 Å². The molecule has 2 amide bonds. The van der Waals surface area contributed by atoms with E-state index in [4.69, 9.17) is 14.2 Å². The lowest BCUT2D eigenvalue weighted by molar-refractivity contribution is 0.000169. The van der Waals surface area contributed by atoms with Crippen molar-refractivity contribution >= 4 is 12.2 Å². The molecule has 0 spiro atoms. The number of likely N-dealkylation sites (tertiary alicyclic amines) is 1. The van der Waals surface area contributed by atoms with Crippen molar-refractivity contribution in [2.45, 2.75) is 51.9 Å². The van der Waals surface area contributed by atoms with E-state index in [1.54, 1.807) is 12.0 Å². The number of hydrogen-bond donors (Lipinski definition) is 0. The minimum atomic E-state index is -0.469. The first-order valence-electron chi connectivity index (χ1n) is 11.9. The number of nitrogens with zero attached hydrogens (tertiary/aromatic N) is 3. The van der Waals surface area contributed by atoms with E-state index in [0.29, 0.717) is 25.6 Å². The Bertz CT molecular complexity index is 759. The van der Waals surface area contributed by atoms with Crippen molar-refractivity contribution < 1.29 is 23.8 Å². The monoisotopic (exact) mass is 461 g/mol. The summed E-state index contributed by atoms with van der Waals surface area (Å²) >= 11 is 0. The van der Waals surface area contributed by atoms with Crippen LogP contribution in [0.2, 0.25) is 0 Å². The highest BCUT2D eigenvalue weighted by Gasteiger charge is 2.33. The molecule has 2 aliphatic rings. The molecule has 0 bridgehead atoms. The molecule has 1 atom stereocenters. The number of ether oxygens (including phenoxy) is 3. The molecule has 0 aliphatic carbocycles. The first kappa shape index (κ1) is 25.3. The van der Waals surface area contributed by atoms with Gasteiger partial charge in [0.15, 0.2) is 0 Å². The Morgan fingerprint density at radius 1 is 0.970 bits per heavy atom. The van der Waals surface area contributed by atoms with E-state index in [1.807, 2.05) is 56.0 Å². The molecule has 2 fully saturated rings. The van der Waals surface area contributed by atoms with Gasteiger partial charge >= 0.3 is 12.2 Å².